The van der Waals surface area contributed by atoms with Gasteiger partial charge in [0.15, 0.2) is 5.78 Å². The van der Waals surface area contributed by atoms with Crippen LogP contribution in [0.15, 0.2) is 18.2 Å². The van der Waals surface area contributed by atoms with Crippen molar-refractivity contribution in [2.24, 2.45) is 58.1 Å². The van der Waals surface area contributed by atoms with Crippen LogP contribution in [0, 0.1) is 52.3 Å². The van der Waals surface area contributed by atoms with Gasteiger partial charge in [0.2, 0.25) is 0 Å². The number of methoxy groups -OCH3 is 1. The number of carbonyl (C=O) groups excluding carboxylic acids is 1. The molecular weight excluding hydrogens is 446 g/mol. The third-order valence-corrected chi connectivity index (χ3v) is 11.8. The van der Waals surface area contributed by atoms with Crippen LogP contribution in [0.25, 0.3) is 0 Å². The van der Waals surface area contributed by atoms with Gasteiger partial charge in [-0.3, -0.25) is 4.79 Å². The van der Waals surface area contributed by atoms with Gasteiger partial charge in [0.1, 0.15) is 5.75 Å². The monoisotopic (exact) mass is 495 g/mol. The number of carbonyl (C=O) groups is 1. The summed E-state index contributed by atoms with van der Waals surface area (Å²) in [7, 11) is 1.63. The lowest BCUT2D eigenvalue weighted by atomic mass is 9.44. The van der Waals surface area contributed by atoms with E-state index in [2.05, 4.69) is 27.7 Å². The molecule has 0 bridgehead atoms. The third kappa shape index (κ3) is 4.04. The highest BCUT2D eigenvalue weighted by Gasteiger charge is 2.63. The molecule has 0 aliphatic heterocycles. The van der Waals surface area contributed by atoms with Crippen molar-refractivity contribution in [1.29, 1.82) is 0 Å². The molecule has 4 aliphatic rings. The number of anilines is 2. The van der Waals surface area contributed by atoms with Gasteiger partial charge in [0.25, 0.3) is 0 Å². The second kappa shape index (κ2) is 9.53. The van der Waals surface area contributed by atoms with Crippen LogP contribution < -0.4 is 21.3 Å². The molecule has 0 radical (unpaired) electrons. The molecule has 36 heavy (non-hydrogen) atoms. The lowest BCUT2D eigenvalue weighted by Gasteiger charge is -2.61. The molecule has 0 heterocycles. The van der Waals surface area contributed by atoms with Crippen molar-refractivity contribution >= 4 is 17.2 Å². The molecule has 4 N–H and O–H groups in total. The Bertz CT molecular complexity index is 981. The van der Waals surface area contributed by atoms with E-state index in [1.165, 1.54) is 51.4 Å². The Hall–Kier alpha value is -1.75. The first-order valence-corrected chi connectivity index (χ1v) is 14.6. The molecule has 1 aromatic carbocycles. The summed E-state index contributed by atoms with van der Waals surface area (Å²) in [6.07, 6.45) is 11.8. The number of nitrogens with zero attached hydrogens (tertiary/aromatic N) is 1. The van der Waals surface area contributed by atoms with Crippen LogP contribution in [0.5, 0.6) is 5.75 Å². The number of rotatable bonds is 6. The van der Waals surface area contributed by atoms with Gasteiger partial charge < -0.3 is 15.5 Å². The van der Waals surface area contributed by atoms with E-state index in [1.807, 2.05) is 12.1 Å². The predicted octanol–water partition coefficient (Wildman–Crippen LogP) is 6.46. The van der Waals surface area contributed by atoms with E-state index < -0.39 is 0 Å². The number of fused-ring (bicyclic) bond motifs is 5. The number of hydrogen-bond acceptors (Lipinski definition) is 5. The zero-order chi connectivity index (χ0) is 25.8. The number of hydrogen-bond donors (Lipinski definition) is 2. The topological polar surface area (TPSA) is 81.6 Å². The number of nitrogens with two attached hydrogens (primary N) is 2. The Labute approximate surface area is 218 Å². The number of Topliss-reactive ketones (excluding diaryl/α,β-unsaturated/α-hetero) is 1. The Morgan fingerprint density at radius 1 is 1.08 bits per heavy atom. The maximum atomic E-state index is 14.0. The summed E-state index contributed by atoms with van der Waals surface area (Å²) in [4.78, 5) is 14.0. The fourth-order valence-corrected chi connectivity index (χ4v) is 9.93. The molecule has 4 saturated carbocycles. The minimum absolute atomic E-state index is 0.0863. The molecule has 4 aliphatic carbocycles. The number of ether oxygens (including phenoxy) is 1. The zero-order valence-corrected chi connectivity index (χ0v) is 23.3. The molecule has 5 heteroatoms. The molecule has 1 aromatic rings. The second-order valence-electron chi connectivity index (χ2n) is 13.5. The lowest BCUT2D eigenvalue weighted by molar-refractivity contribution is -0.136. The Kier molecular flexibility index (Phi) is 6.85. The molecule has 8 unspecified atom stereocenters. The van der Waals surface area contributed by atoms with E-state index in [0.717, 1.165) is 30.1 Å². The van der Waals surface area contributed by atoms with Crippen LogP contribution in [-0.4, -0.2) is 19.4 Å². The molecule has 9 atom stereocenters. The maximum Gasteiger partial charge on any atom is 0.157 e. The standard InChI is InChI=1S/C31H49N3O2/c1-6-20-16-25-23-9-7-21-15-19(2)11-13-30(21,3)24(23)12-14-31(25,4)29(20)28(35)18-34(33)27-17-22(36-5)8-10-26(27)32/h8,10,17,19-21,23-25,29H,6-7,9,11-16,18,32-33H2,1-5H3/t19?,20-,21?,23?,24?,25?,29?,30?,31?/m1/s1. The molecule has 0 saturated heterocycles. The first-order chi connectivity index (χ1) is 17.1. The molecule has 5 rings (SSSR count). The van der Waals surface area contributed by atoms with Gasteiger partial charge in [-0.05, 0) is 103 Å². The van der Waals surface area contributed by atoms with Crippen molar-refractivity contribution in [3.05, 3.63) is 18.2 Å². The first kappa shape index (κ1) is 25.9. The van der Waals surface area contributed by atoms with Crippen LogP contribution in [0.4, 0.5) is 11.4 Å². The summed E-state index contributed by atoms with van der Waals surface area (Å²) >= 11 is 0. The fourth-order valence-electron chi connectivity index (χ4n) is 9.93. The van der Waals surface area contributed by atoms with E-state index in [-0.39, 0.29) is 17.9 Å². The molecule has 5 nitrogen and oxygen atoms in total. The van der Waals surface area contributed by atoms with E-state index in [0.29, 0.717) is 40.2 Å². The van der Waals surface area contributed by atoms with Crippen molar-refractivity contribution in [3.8, 4) is 5.75 Å². The van der Waals surface area contributed by atoms with Crippen LogP contribution in [0.1, 0.15) is 85.5 Å². The van der Waals surface area contributed by atoms with Crippen molar-refractivity contribution in [3.63, 3.8) is 0 Å². The average Bonchev–Trinajstić information content (AvgIpc) is 3.17. The highest BCUT2D eigenvalue weighted by molar-refractivity contribution is 5.88. The van der Waals surface area contributed by atoms with Gasteiger partial charge >= 0.3 is 0 Å². The number of ketones is 1. The van der Waals surface area contributed by atoms with Gasteiger partial charge in [-0.1, -0.05) is 40.5 Å². The molecular formula is C31H49N3O2. The molecule has 0 spiro atoms. The minimum atomic E-state index is 0.0863. The van der Waals surface area contributed by atoms with Gasteiger partial charge in [-0.25, -0.2) is 5.84 Å². The van der Waals surface area contributed by atoms with Gasteiger partial charge in [0.05, 0.1) is 25.0 Å². The maximum absolute atomic E-state index is 14.0. The predicted molar refractivity (Wildman–Crippen MR) is 147 cm³/mol. The van der Waals surface area contributed by atoms with E-state index in [9.17, 15) is 4.79 Å². The van der Waals surface area contributed by atoms with Crippen LogP contribution in [0.2, 0.25) is 0 Å². The molecule has 0 aromatic heterocycles. The second-order valence-corrected chi connectivity index (χ2v) is 13.5. The Balaban J connectivity index is 1.37. The normalized spacial score (nSPS) is 41.7. The largest absolute Gasteiger partial charge is 0.497 e. The third-order valence-electron chi connectivity index (χ3n) is 11.8. The fraction of sp³-hybridized carbons (Fsp3) is 0.774. The molecule has 4 fully saturated rings. The van der Waals surface area contributed by atoms with Gasteiger partial charge in [-0.15, -0.1) is 0 Å². The Morgan fingerprint density at radius 3 is 2.56 bits per heavy atom. The highest BCUT2D eigenvalue weighted by Crippen LogP contribution is 2.69. The SMILES string of the molecule is CC[C@@H]1CC2C3CCC4CC(C)CCC4(C)C3CCC2(C)C1C(=O)CN(N)c1cc(OC)ccc1N. The van der Waals surface area contributed by atoms with Crippen LogP contribution >= 0.6 is 0 Å². The van der Waals surface area contributed by atoms with Crippen molar-refractivity contribution < 1.29 is 9.53 Å². The lowest BCUT2D eigenvalue weighted by Crippen LogP contribution is -2.54. The summed E-state index contributed by atoms with van der Waals surface area (Å²) in [5.74, 6) is 12.1. The van der Waals surface area contributed by atoms with E-state index in [4.69, 9.17) is 16.3 Å². The number of nitrogen functional groups attached to an aromatic ring is 1. The average molecular weight is 496 g/mol. The first-order valence-electron chi connectivity index (χ1n) is 14.6. The number of hydrazine groups is 1. The summed E-state index contributed by atoms with van der Waals surface area (Å²) in [5, 5.41) is 1.55. The summed E-state index contributed by atoms with van der Waals surface area (Å²) in [6.45, 7) is 10.0. The quantitative estimate of drug-likeness (QED) is 0.269. The molecule has 0 amide bonds. The summed E-state index contributed by atoms with van der Waals surface area (Å²) in [5.41, 5.74) is 8.05. The van der Waals surface area contributed by atoms with Crippen molar-refractivity contribution in [2.75, 3.05) is 24.4 Å². The Morgan fingerprint density at radius 2 is 1.83 bits per heavy atom. The summed E-state index contributed by atoms with van der Waals surface area (Å²) in [6, 6.07) is 5.45. The van der Waals surface area contributed by atoms with E-state index in [1.54, 1.807) is 18.2 Å². The minimum Gasteiger partial charge on any atom is -0.497 e. The van der Waals surface area contributed by atoms with Crippen LogP contribution in [-0.2, 0) is 4.79 Å². The summed E-state index contributed by atoms with van der Waals surface area (Å²) < 4.78 is 5.37. The smallest absolute Gasteiger partial charge is 0.157 e. The zero-order valence-electron chi connectivity index (χ0n) is 23.3. The molecule has 200 valence electrons. The van der Waals surface area contributed by atoms with E-state index >= 15 is 0 Å². The highest BCUT2D eigenvalue weighted by atomic mass is 16.5. The van der Waals surface area contributed by atoms with Gasteiger partial charge in [-0.2, -0.15) is 0 Å². The van der Waals surface area contributed by atoms with Crippen LogP contribution in [0.3, 0.4) is 0 Å². The van der Waals surface area contributed by atoms with Crippen molar-refractivity contribution in [2.45, 2.75) is 85.5 Å². The van der Waals surface area contributed by atoms with Crippen molar-refractivity contribution in [1.82, 2.24) is 0 Å². The van der Waals surface area contributed by atoms with Gasteiger partial charge in [0, 0.05) is 12.0 Å². The number of benzene rings is 1.